The second-order valence-electron chi connectivity index (χ2n) is 5.43. The SMILES string of the molecule is c1cc(Cn2cccn2)cc(NC2CCCNCC2)c1. The zero-order valence-electron chi connectivity index (χ0n) is 11.8. The Kier molecular flexibility index (Phi) is 4.33. The molecule has 1 aliphatic heterocycles. The van der Waals surface area contributed by atoms with Gasteiger partial charge in [0.25, 0.3) is 0 Å². The minimum atomic E-state index is 0.588. The van der Waals surface area contributed by atoms with E-state index in [9.17, 15) is 0 Å². The van der Waals surface area contributed by atoms with Crippen LogP contribution in [-0.4, -0.2) is 28.9 Å². The molecule has 20 heavy (non-hydrogen) atoms. The van der Waals surface area contributed by atoms with Crippen LogP contribution in [0.5, 0.6) is 0 Å². The topological polar surface area (TPSA) is 41.9 Å². The molecule has 1 aromatic carbocycles. The van der Waals surface area contributed by atoms with Crippen molar-refractivity contribution >= 4 is 5.69 Å². The van der Waals surface area contributed by atoms with Gasteiger partial charge in [-0.25, -0.2) is 0 Å². The molecular formula is C16H22N4. The molecule has 3 rings (SSSR count). The Morgan fingerprint density at radius 1 is 1.25 bits per heavy atom. The molecule has 1 atom stereocenters. The van der Waals surface area contributed by atoms with Gasteiger partial charge in [0, 0.05) is 24.1 Å². The molecule has 0 spiro atoms. The molecule has 2 N–H and O–H groups in total. The Morgan fingerprint density at radius 3 is 3.15 bits per heavy atom. The lowest BCUT2D eigenvalue weighted by Gasteiger charge is -2.18. The highest BCUT2D eigenvalue weighted by atomic mass is 15.3. The summed E-state index contributed by atoms with van der Waals surface area (Å²) in [6, 6.07) is 11.2. The molecule has 1 unspecified atom stereocenters. The fraction of sp³-hybridized carbons (Fsp3) is 0.438. The quantitative estimate of drug-likeness (QED) is 0.897. The van der Waals surface area contributed by atoms with Gasteiger partial charge in [-0.15, -0.1) is 0 Å². The highest BCUT2D eigenvalue weighted by molar-refractivity contribution is 5.46. The molecule has 4 nitrogen and oxygen atoms in total. The maximum atomic E-state index is 4.26. The van der Waals surface area contributed by atoms with E-state index in [1.54, 1.807) is 0 Å². The highest BCUT2D eigenvalue weighted by Gasteiger charge is 2.11. The Bertz CT molecular complexity index is 513. The van der Waals surface area contributed by atoms with Crippen molar-refractivity contribution in [2.75, 3.05) is 18.4 Å². The van der Waals surface area contributed by atoms with Crippen molar-refractivity contribution in [3.63, 3.8) is 0 Å². The Labute approximate surface area is 120 Å². The summed E-state index contributed by atoms with van der Waals surface area (Å²) in [5, 5.41) is 11.4. The Balaban J connectivity index is 1.64. The lowest BCUT2D eigenvalue weighted by Crippen LogP contribution is -2.21. The van der Waals surface area contributed by atoms with Crippen LogP contribution in [0.4, 0.5) is 5.69 Å². The van der Waals surface area contributed by atoms with E-state index in [1.165, 1.54) is 30.5 Å². The smallest absolute Gasteiger partial charge is 0.0660 e. The van der Waals surface area contributed by atoms with Gasteiger partial charge in [0.05, 0.1) is 6.54 Å². The van der Waals surface area contributed by atoms with Gasteiger partial charge in [-0.05, 0) is 56.1 Å². The lowest BCUT2D eigenvalue weighted by atomic mass is 10.1. The Morgan fingerprint density at radius 2 is 2.25 bits per heavy atom. The first kappa shape index (κ1) is 13.2. The summed E-state index contributed by atoms with van der Waals surface area (Å²) in [5.41, 5.74) is 2.51. The van der Waals surface area contributed by atoms with Crippen LogP contribution in [-0.2, 0) is 6.54 Å². The largest absolute Gasteiger partial charge is 0.382 e. The van der Waals surface area contributed by atoms with Crippen LogP contribution in [0.1, 0.15) is 24.8 Å². The van der Waals surface area contributed by atoms with Crippen LogP contribution in [0.15, 0.2) is 42.7 Å². The van der Waals surface area contributed by atoms with E-state index >= 15 is 0 Å². The standard InChI is InChI=1S/C16H22N4/c1-4-14(13-20-11-3-9-18-20)12-16(5-1)19-15-6-2-8-17-10-7-15/h1,3-5,9,11-12,15,17,19H,2,6-8,10,13H2. The third kappa shape index (κ3) is 3.61. The number of aromatic nitrogens is 2. The van der Waals surface area contributed by atoms with E-state index in [1.807, 2.05) is 23.1 Å². The number of nitrogens with zero attached hydrogens (tertiary/aromatic N) is 2. The Hall–Kier alpha value is -1.81. The first-order chi connectivity index (χ1) is 9.90. The molecule has 1 aliphatic rings. The van der Waals surface area contributed by atoms with Gasteiger partial charge in [0.2, 0.25) is 0 Å². The molecule has 2 heterocycles. The van der Waals surface area contributed by atoms with Gasteiger partial charge in [-0.1, -0.05) is 12.1 Å². The van der Waals surface area contributed by atoms with E-state index in [-0.39, 0.29) is 0 Å². The van der Waals surface area contributed by atoms with Crippen LogP contribution in [0.3, 0.4) is 0 Å². The van der Waals surface area contributed by atoms with E-state index < -0.39 is 0 Å². The molecule has 0 saturated carbocycles. The molecule has 2 aromatic rings. The number of benzene rings is 1. The van der Waals surface area contributed by atoms with E-state index in [0.717, 1.165) is 19.6 Å². The fourth-order valence-corrected chi connectivity index (χ4v) is 2.74. The van der Waals surface area contributed by atoms with Crippen molar-refractivity contribution in [2.45, 2.75) is 31.8 Å². The predicted molar refractivity (Wildman–Crippen MR) is 81.9 cm³/mol. The average Bonchev–Trinajstić information content (AvgIpc) is 2.82. The maximum Gasteiger partial charge on any atom is 0.0660 e. The van der Waals surface area contributed by atoms with Gasteiger partial charge in [0.1, 0.15) is 0 Å². The molecule has 106 valence electrons. The van der Waals surface area contributed by atoms with Gasteiger partial charge in [-0.2, -0.15) is 5.10 Å². The van der Waals surface area contributed by atoms with Gasteiger partial charge in [-0.3, -0.25) is 4.68 Å². The summed E-state index contributed by atoms with van der Waals surface area (Å²) in [4.78, 5) is 0. The maximum absolute atomic E-state index is 4.26. The molecular weight excluding hydrogens is 248 g/mol. The van der Waals surface area contributed by atoms with Gasteiger partial charge >= 0.3 is 0 Å². The van der Waals surface area contributed by atoms with Crippen LogP contribution in [0.25, 0.3) is 0 Å². The molecule has 1 saturated heterocycles. The fourth-order valence-electron chi connectivity index (χ4n) is 2.74. The average molecular weight is 270 g/mol. The number of hydrogen-bond acceptors (Lipinski definition) is 3. The second-order valence-corrected chi connectivity index (χ2v) is 5.43. The third-order valence-corrected chi connectivity index (χ3v) is 3.78. The minimum absolute atomic E-state index is 0.588. The third-order valence-electron chi connectivity index (χ3n) is 3.78. The van der Waals surface area contributed by atoms with Crippen molar-refractivity contribution < 1.29 is 0 Å². The first-order valence-electron chi connectivity index (χ1n) is 7.44. The number of nitrogens with one attached hydrogen (secondary N) is 2. The zero-order valence-corrected chi connectivity index (χ0v) is 11.8. The van der Waals surface area contributed by atoms with Crippen molar-refractivity contribution in [3.8, 4) is 0 Å². The molecule has 0 bridgehead atoms. The van der Waals surface area contributed by atoms with Crippen molar-refractivity contribution in [3.05, 3.63) is 48.3 Å². The summed E-state index contributed by atoms with van der Waals surface area (Å²) in [6.45, 7) is 3.09. The highest BCUT2D eigenvalue weighted by Crippen LogP contribution is 2.16. The predicted octanol–water partition coefficient (Wildman–Crippen LogP) is 2.49. The molecule has 0 aliphatic carbocycles. The number of hydrogen-bond donors (Lipinski definition) is 2. The minimum Gasteiger partial charge on any atom is -0.382 e. The van der Waals surface area contributed by atoms with Crippen molar-refractivity contribution in [1.82, 2.24) is 15.1 Å². The summed E-state index contributed by atoms with van der Waals surface area (Å²) in [5.74, 6) is 0. The van der Waals surface area contributed by atoms with Crippen molar-refractivity contribution in [1.29, 1.82) is 0 Å². The summed E-state index contributed by atoms with van der Waals surface area (Å²) >= 11 is 0. The van der Waals surface area contributed by atoms with E-state index in [4.69, 9.17) is 0 Å². The van der Waals surface area contributed by atoms with Crippen LogP contribution >= 0.6 is 0 Å². The molecule has 0 amide bonds. The van der Waals surface area contributed by atoms with E-state index in [2.05, 4.69) is 40.0 Å². The van der Waals surface area contributed by atoms with E-state index in [0.29, 0.717) is 6.04 Å². The monoisotopic (exact) mass is 270 g/mol. The molecule has 0 radical (unpaired) electrons. The van der Waals surface area contributed by atoms with Crippen LogP contribution in [0.2, 0.25) is 0 Å². The number of rotatable bonds is 4. The van der Waals surface area contributed by atoms with Gasteiger partial charge < -0.3 is 10.6 Å². The van der Waals surface area contributed by atoms with Gasteiger partial charge in [0.15, 0.2) is 0 Å². The molecule has 1 fully saturated rings. The van der Waals surface area contributed by atoms with Crippen LogP contribution < -0.4 is 10.6 Å². The first-order valence-corrected chi connectivity index (χ1v) is 7.44. The lowest BCUT2D eigenvalue weighted by molar-refractivity contribution is 0.637. The molecule has 1 aromatic heterocycles. The summed E-state index contributed by atoms with van der Waals surface area (Å²) < 4.78 is 1.95. The summed E-state index contributed by atoms with van der Waals surface area (Å²) in [6.07, 6.45) is 7.52. The second kappa shape index (κ2) is 6.57. The van der Waals surface area contributed by atoms with Crippen LogP contribution in [0, 0.1) is 0 Å². The van der Waals surface area contributed by atoms with Crippen molar-refractivity contribution in [2.24, 2.45) is 0 Å². The zero-order chi connectivity index (χ0) is 13.6. The number of anilines is 1. The molecule has 4 heteroatoms. The summed E-state index contributed by atoms with van der Waals surface area (Å²) in [7, 11) is 0. The normalized spacial score (nSPS) is 19.5.